The van der Waals surface area contributed by atoms with Crippen LogP contribution in [0.3, 0.4) is 0 Å². The molecule has 1 saturated heterocycles. The van der Waals surface area contributed by atoms with Crippen LogP contribution >= 0.6 is 11.3 Å². The highest BCUT2D eigenvalue weighted by Gasteiger charge is 2.31. The Morgan fingerprint density at radius 2 is 1.89 bits per heavy atom. The lowest BCUT2D eigenvalue weighted by Gasteiger charge is -2.38. The van der Waals surface area contributed by atoms with Crippen LogP contribution in [-0.4, -0.2) is 48.5 Å². The number of pyridine rings is 1. The molecule has 178 valence electrons. The Hall–Kier alpha value is -3.75. The zero-order chi connectivity index (χ0) is 24.4. The number of para-hydroxylation sites is 1. The monoisotopic (exact) mass is 486 g/mol. The molecule has 8 heteroatoms. The Morgan fingerprint density at radius 1 is 1.11 bits per heavy atom. The van der Waals surface area contributed by atoms with Crippen molar-refractivity contribution in [1.29, 1.82) is 0 Å². The quantitative estimate of drug-likeness (QED) is 0.369. The van der Waals surface area contributed by atoms with Crippen LogP contribution in [0.5, 0.6) is 0 Å². The number of rotatable bonds is 7. The number of likely N-dealkylation sites (tertiary alicyclic amines) is 1. The van der Waals surface area contributed by atoms with Gasteiger partial charge in [-0.15, -0.1) is 11.3 Å². The average Bonchev–Trinajstić information content (AvgIpc) is 3.27. The maximum atomic E-state index is 13.3. The number of ether oxygens (including phenoxy) is 1. The number of aryl methyl sites for hydroxylation is 1. The first kappa shape index (κ1) is 23.0. The van der Waals surface area contributed by atoms with Gasteiger partial charge in [0.05, 0.1) is 23.4 Å². The normalized spacial score (nSPS) is 13.5. The van der Waals surface area contributed by atoms with Gasteiger partial charge in [-0.2, -0.15) is 0 Å². The van der Waals surface area contributed by atoms with Gasteiger partial charge < -0.3 is 20.3 Å². The smallest absolute Gasteiger partial charge is 0.257 e. The maximum absolute atomic E-state index is 13.3. The molecule has 0 radical (unpaired) electrons. The number of aromatic nitrogens is 1. The minimum absolute atomic E-state index is 0.108. The highest BCUT2D eigenvalue weighted by molar-refractivity contribution is 7.17. The Kier molecular flexibility index (Phi) is 6.48. The van der Waals surface area contributed by atoms with E-state index < -0.39 is 0 Å². The van der Waals surface area contributed by atoms with Crippen LogP contribution in [0.15, 0.2) is 66.2 Å². The van der Waals surface area contributed by atoms with Crippen molar-refractivity contribution in [3.05, 3.63) is 82.9 Å². The highest BCUT2D eigenvalue weighted by Crippen LogP contribution is 2.30. The van der Waals surface area contributed by atoms with Crippen molar-refractivity contribution in [2.24, 2.45) is 5.92 Å². The second-order valence-corrected chi connectivity index (χ2v) is 9.60. The van der Waals surface area contributed by atoms with E-state index in [-0.39, 0.29) is 11.8 Å². The Morgan fingerprint density at radius 3 is 2.69 bits per heavy atom. The lowest BCUT2D eigenvalue weighted by molar-refractivity contribution is 0.0270. The predicted molar refractivity (Wildman–Crippen MR) is 140 cm³/mol. The fourth-order valence-corrected chi connectivity index (χ4v) is 5.16. The summed E-state index contributed by atoms with van der Waals surface area (Å²) in [5, 5.41) is 9.06. The molecule has 35 heavy (non-hydrogen) atoms. The molecule has 0 saturated carbocycles. The van der Waals surface area contributed by atoms with E-state index in [1.807, 2.05) is 60.8 Å². The predicted octanol–water partition coefficient (Wildman–Crippen LogP) is 5.32. The number of hydrogen-bond donors (Lipinski definition) is 2. The fraction of sp³-hybridized carbons (Fsp3) is 0.222. The van der Waals surface area contributed by atoms with E-state index in [4.69, 9.17) is 4.74 Å². The van der Waals surface area contributed by atoms with Crippen LogP contribution in [0.25, 0.3) is 10.1 Å². The number of methoxy groups -OCH3 is 1. The van der Waals surface area contributed by atoms with E-state index in [1.165, 1.54) is 11.3 Å². The van der Waals surface area contributed by atoms with Gasteiger partial charge in [-0.1, -0.05) is 36.4 Å². The van der Waals surface area contributed by atoms with Crippen molar-refractivity contribution in [2.45, 2.75) is 6.92 Å². The summed E-state index contributed by atoms with van der Waals surface area (Å²) in [6.07, 6.45) is 1.56. The van der Waals surface area contributed by atoms with Crippen LogP contribution in [0.2, 0.25) is 0 Å². The van der Waals surface area contributed by atoms with Crippen molar-refractivity contribution in [1.82, 2.24) is 9.88 Å². The lowest BCUT2D eigenvalue weighted by atomic mass is 10.00. The van der Waals surface area contributed by atoms with Gasteiger partial charge in [-0.3, -0.25) is 9.59 Å². The van der Waals surface area contributed by atoms with Crippen molar-refractivity contribution < 1.29 is 14.3 Å². The molecule has 1 aliphatic heterocycles. The number of amides is 2. The zero-order valence-corrected chi connectivity index (χ0v) is 20.4. The molecule has 0 bridgehead atoms. The molecule has 7 nitrogen and oxygen atoms in total. The molecule has 5 rings (SSSR count). The minimum atomic E-state index is -0.245. The molecule has 1 fully saturated rings. The van der Waals surface area contributed by atoms with Crippen LogP contribution in [-0.2, 0) is 4.74 Å². The van der Waals surface area contributed by atoms with E-state index in [0.717, 1.165) is 21.3 Å². The van der Waals surface area contributed by atoms with Gasteiger partial charge in [-0.25, -0.2) is 4.98 Å². The van der Waals surface area contributed by atoms with Gasteiger partial charge in [0.1, 0.15) is 0 Å². The molecule has 2 N–H and O–H groups in total. The number of anilines is 3. The number of fused-ring (bicyclic) bond motifs is 1. The molecule has 2 amide bonds. The fourth-order valence-electron chi connectivity index (χ4n) is 4.22. The van der Waals surface area contributed by atoms with E-state index in [1.54, 1.807) is 24.3 Å². The average molecular weight is 487 g/mol. The lowest BCUT2D eigenvalue weighted by Crippen LogP contribution is -2.51. The molecule has 2 aromatic heterocycles. The third kappa shape index (κ3) is 4.76. The molecule has 2 aromatic carbocycles. The second-order valence-electron chi connectivity index (χ2n) is 8.69. The largest absolute Gasteiger partial charge is 0.384 e. The van der Waals surface area contributed by atoms with E-state index >= 15 is 0 Å². The summed E-state index contributed by atoms with van der Waals surface area (Å²) >= 11 is 1.53. The molecule has 3 heterocycles. The third-order valence-electron chi connectivity index (χ3n) is 6.15. The third-order valence-corrected chi connectivity index (χ3v) is 7.12. The summed E-state index contributed by atoms with van der Waals surface area (Å²) in [5.41, 5.74) is 3.39. The van der Waals surface area contributed by atoms with Gasteiger partial charge in [-0.05, 0) is 30.7 Å². The Balaban J connectivity index is 1.45. The Bertz CT molecular complexity index is 1390. The first-order valence-corrected chi connectivity index (χ1v) is 12.3. The summed E-state index contributed by atoms with van der Waals surface area (Å²) in [5.74, 6) is 0.476. The number of nitrogens with one attached hydrogen (secondary N) is 2. The maximum Gasteiger partial charge on any atom is 0.257 e. The molecule has 0 spiro atoms. The van der Waals surface area contributed by atoms with Gasteiger partial charge in [0.25, 0.3) is 11.8 Å². The van der Waals surface area contributed by atoms with Gasteiger partial charge >= 0.3 is 0 Å². The van der Waals surface area contributed by atoms with Crippen molar-refractivity contribution in [2.75, 3.05) is 37.4 Å². The van der Waals surface area contributed by atoms with Crippen molar-refractivity contribution in [3.8, 4) is 0 Å². The number of carbonyl (C=O) groups excluding carboxylic acids is 2. The second kappa shape index (κ2) is 9.85. The van der Waals surface area contributed by atoms with Crippen LogP contribution in [0, 0.1) is 12.8 Å². The van der Waals surface area contributed by atoms with E-state index in [2.05, 4.69) is 15.6 Å². The summed E-state index contributed by atoms with van der Waals surface area (Å²) < 4.78 is 6.23. The molecular formula is C27H26N4O3S. The van der Waals surface area contributed by atoms with Crippen molar-refractivity contribution in [3.63, 3.8) is 0 Å². The summed E-state index contributed by atoms with van der Waals surface area (Å²) in [7, 11) is 1.67. The van der Waals surface area contributed by atoms with E-state index in [0.29, 0.717) is 48.2 Å². The Labute approximate surface area is 207 Å². The first-order valence-electron chi connectivity index (χ1n) is 11.4. The number of benzene rings is 2. The van der Waals surface area contributed by atoms with Gasteiger partial charge in [0, 0.05) is 53.5 Å². The van der Waals surface area contributed by atoms with E-state index in [9.17, 15) is 9.59 Å². The molecule has 0 aliphatic carbocycles. The molecule has 0 unspecified atom stereocenters. The molecule has 1 aliphatic rings. The number of nitrogens with zero attached hydrogens (tertiary/aromatic N) is 2. The summed E-state index contributed by atoms with van der Waals surface area (Å²) in [6, 6.07) is 17.3. The van der Waals surface area contributed by atoms with Gasteiger partial charge in [0.2, 0.25) is 0 Å². The number of carbonyl (C=O) groups is 2. The summed E-state index contributed by atoms with van der Waals surface area (Å²) in [6.45, 7) is 3.93. The molecular weight excluding hydrogens is 460 g/mol. The van der Waals surface area contributed by atoms with Crippen molar-refractivity contribution >= 4 is 50.4 Å². The van der Waals surface area contributed by atoms with Gasteiger partial charge in [0.15, 0.2) is 5.82 Å². The van der Waals surface area contributed by atoms with Crippen LogP contribution in [0.4, 0.5) is 17.2 Å². The number of thiophene rings is 1. The highest BCUT2D eigenvalue weighted by atomic mass is 32.1. The standard InChI is InChI=1S/C27H26N4O3S/c1-17-7-3-5-9-22(17)29-25-23(30-26(32)21-16-35-24-10-6-4-8-20(21)24)11-19(12-28-25)27(33)31-13-18(14-31)15-34-2/h3-12,16,18H,13-15H2,1-2H3,(H,28,29)(H,30,32). The zero-order valence-electron chi connectivity index (χ0n) is 19.6. The number of hydrogen-bond acceptors (Lipinski definition) is 6. The minimum Gasteiger partial charge on any atom is -0.384 e. The van der Waals surface area contributed by atoms with Crippen LogP contribution in [0.1, 0.15) is 26.3 Å². The molecule has 0 atom stereocenters. The molecule has 4 aromatic rings. The first-order chi connectivity index (χ1) is 17.0. The topological polar surface area (TPSA) is 83.6 Å². The van der Waals surface area contributed by atoms with Crippen LogP contribution < -0.4 is 10.6 Å². The summed E-state index contributed by atoms with van der Waals surface area (Å²) in [4.78, 5) is 32.6. The SMILES string of the molecule is COCC1CN(C(=O)c2cnc(Nc3ccccc3C)c(NC(=O)c3csc4ccccc34)c2)C1.